The van der Waals surface area contributed by atoms with Crippen LogP contribution in [-0.4, -0.2) is 70.8 Å². The predicted octanol–water partition coefficient (Wildman–Crippen LogP) is 1.37. The van der Waals surface area contributed by atoms with Gasteiger partial charge in [0.25, 0.3) is 0 Å². The smallest absolute Gasteiger partial charge is 0.368 e. The summed E-state index contributed by atoms with van der Waals surface area (Å²) in [5, 5.41) is 8.02. The Morgan fingerprint density at radius 3 is 2.15 bits per heavy atom. The Morgan fingerprint density at radius 2 is 1.68 bits per heavy atom. The molecule has 228 valence electrons. The number of likely N-dealkylation sites (tertiary alicyclic amines) is 1. The van der Waals surface area contributed by atoms with Crippen molar-refractivity contribution >= 4 is 29.5 Å². The Labute approximate surface area is 237 Å². The van der Waals surface area contributed by atoms with Gasteiger partial charge in [0.2, 0.25) is 29.5 Å². The van der Waals surface area contributed by atoms with Crippen molar-refractivity contribution in [3.05, 3.63) is 0 Å². The molecular formula is C28H40F3N5O5. The van der Waals surface area contributed by atoms with Crippen molar-refractivity contribution in [2.45, 2.75) is 103 Å². The number of halogens is 3. The molecule has 13 heteroatoms. The summed E-state index contributed by atoms with van der Waals surface area (Å²) in [6, 6.07) is -3.45. The van der Waals surface area contributed by atoms with Crippen molar-refractivity contribution in [3.8, 4) is 0 Å². The summed E-state index contributed by atoms with van der Waals surface area (Å²) in [4.78, 5) is 66.7. The molecule has 2 saturated heterocycles. The Bertz CT molecular complexity index is 1190. The highest BCUT2D eigenvalue weighted by molar-refractivity contribution is 5.97. The van der Waals surface area contributed by atoms with Gasteiger partial charge in [-0.1, -0.05) is 34.6 Å². The number of rotatable bonds is 8. The van der Waals surface area contributed by atoms with Crippen LogP contribution in [0.25, 0.3) is 0 Å². The van der Waals surface area contributed by atoms with Crippen LogP contribution in [0.5, 0.6) is 0 Å². The van der Waals surface area contributed by atoms with E-state index in [9.17, 15) is 37.1 Å². The summed E-state index contributed by atoms with van der Waals surface area (Å²) >= 11 is 0. The van der Waals surface area contributed by atoms with Crippen molar-refractivity contribution in [2.24, 2.45) is 39.7 Å². The topological polar surface area (TPSA) is 151 Å². The second kappa shape index (κ2) is 9.07. The molecule has 5 amide bonds. The minimum Gasteiger partial charge on any atom is -0.368 e. The molecule has 3 aliphatic carbocycles. The molecule has 2 aliphatic heterocycles. The van der Waals surface area contributed by atoms with Gasteiger partial charge in [-0.05, 0) is 61.2 Å². The monoisotopic (exact) mass is 583 g/mol. The van der Waals surface area contributed by atoms with Crippen LogP contribution in [0.4, 0.5) is 13.2 Å². The van der Waals surface area contributed by atoms with Crippen LogP contribution in [0.15, 0.2) is 0 Å². The third-order valence-electron chi connectivity index (χ3n) is 10.3. The minimum absolute atomic E-state index is 0.0347. The van der Waals surface area contributed by atoms with E-state index in [-0.39, 0.29) is 54.5 Å². The molecule has 0 aromatic carbocycles. The van der Waals surface area contributed by atoms with Crippen LogP contribution in [-0.2, 0) is 24.0 Å². The number of amides is 5. The lowest BCUT2D eigenvalue weighted by atomic mass is 9.84. The van der Waals surface area contributed by atoms with E-state index in [0.29, 0.717) is 6.42 Å². The van der Waals surface area contributed by atoms with Gasteiger partial charge in [0.15, 0.2) is 0 Å². The molecule has 0 aromatic rings. The molecule has 3 unspecified atom stereocenters. The molecule has 1 spiro atoms. The van der Waals surface area contributed by atoms with Crippen LogP contribution in [0, 0.1) is 34.0 Å². The number of carbonyl (C=O) groups excluding carboxylic acids is 5. The lowest BCUT2D eigenvalue weighted by molar-refractivity contribution is -0.193. The van der Waals surface area contributed by atoms with Crippen LogP contribution in [0.3, 0.4) is 0 Å². The maximum absolute atomic E-state index is 13.9. The Kier molecular flexibility index (Phi) is 6.55. The van der Waals surface area contributed by atoms with Gasteiger partial charge in [0, 0.05) is 18.0 Å². The SMILES string of the molecule is CC1(C)C2CN(C(=O)[C@@H](NC(=O)C3(C(F)(F)F)CC3)C(C)(C)C)C(C(=O)N[C@@H](C[C@@H]3CC4(CC4)NC3=O)C(N)=O)C21. The number of primary amides is 1. The van der Waals surface area contributed by atoms with Gasteiger partial charge in [-0.15, -0.1) is 0 Å². The molecule has 0 bridgehead atoms. The van der Waals surface area contributed by atoms with E-state index in [1.807, 2.05) is 13.8 Å². The van der Waals surface area contributed by atoms with Gasteiger partial charge in [0.1, 0.15) is 23.5 Å². The first-order valence-corrected chi connectivity index (χ1v) is 14.3. The molecule has 5 rings (SSSR count). The van der Waals surface area contributed by atoms with Gasteiger partial charge in [-0.25, -0.2) is 0 Å². The minimum atomic E-state index is -4.73. The third kappa shape index (κ3) is 4.96. The Morgan fingerprint density at radius 1 is 1.07 bits per heavy atom. The summed E-state index contributed by atoms with van der Waals surface area (Å²) in [5.41, 5.74) is 1.67. The zero-order valence-electron chi connectivity index (χ0n) is 24.1. The number of hydrogen-bond acceptors (Lipinski definition) is 5. The standard InChI is InChI=1S/C28H40F3N5O5/c1-24(2,3)18(34-23(41)27(8-9-27)28(29,30)31)22(40)36-12-14-16(25(14,4)5)17(36)21(39)33-15(19(32)37)10-13-11-26(6-7-26)35-20(13)38/h13-18H,6-12H2,1-5H3,(H2,32,37)(H,33,39)(H,34,41)(H,35,38)/t13-,14?,15+,16?,17?,18-/m1/s1. The van der Waals surface area contributed by atoms with E-state index in [1.54, 1.807) is 20.8 Å². The molecule has 3 saturated carbocycles. The second-order valence-electron chi connectivity index (χ2n) is 14.6. The van der Waals surface area contributed by atoms with Crippen LogP contribution in [0.1, 0.15) is 73.1 Å². The van der Waals surface area contributed by atoms with E-state index in [4.69, 9.17) is 5.73 Å². The van der Waals surface area contributed by atoms with Gasteiger partial charge in [0.05, 0.1) is 0 Å². The maximum atomic E-state index is 13.9. The molecule has 10 nitrogen and oxygen atoms in total. The van der Waals surface area contributed by atoms with E-state index in [0.717, 1.165) is 12.8 Å². The van der Waals surface area contributed by atoms with Crippen LogP contribution in [0.2, 0.25) is 0 Å². The van der Waals surface area contributed by atoms with Gasteiger partial charge >= 0.3 is 6.18 Å². The van der Waals surface area contributed by atoms with Crippen molar-refractivity contribution in [3.63, 3.8) is 0 Å². The van der Waals surface area contributed by atoms with E-state index < -0.39 is 64.7 Å². The van der Waals surface area contributed by atoms with Gasteiger partial charge in [-0.3, -0.25) is 24.0 Å². The highest BCUT2D eigenvalue weighted by atomic mass is 19.4. The third-order valence-corrected chi connectivity index (χ3v) is 10.3. The number of nitrogens with zero attached hydrogens (tertiary/aromatic N) is 1. The molecule has 5 fully saturated rings. The molecule has 0 radical (unpaired) electrons. The summed E-state index contributed by atoms with van der Waals surface area (Å²) < 4.78 is 40.9. The number of hydrogen-bond donors (Lipinski definition) is 4. The van der Waals surface area contributed by atoms with Gasteiger partial charge < -0.3 is 26.6 Å². The number of alkyl halides is 3. The molecule has 5 aliphatic rings. The number of nitrogens with one attached hydrogen (secondary N) is 3. The zero-order valence-corrected chi connectivity index (χ0v) is 24.1. The van der Waals surface area contributed by atoms with Crippen molar-refractivity contribution in [2.75, 3.05) is 6.54 Å². The normalized spacial score (nSPS) is 31.5. The number of fused-ring (bicyclic) bond motifs is 1. The van der Waals surface area contributed by atoms with Crippen molar-refractivity contribution < 1.29 is 37.1 Å². The quantitative estimate of drug-likeness (QED) is 0.340. The first-order valence-electron chi connectivity index (χ1n) is 14.3. The summed E-state index contributed by atoms with van der Waals surface area (Å²) in [7, 11) is 0. The predicted molar refractivity (Wildman–Crippen MR) is 139 cm³/mol. The maximum Gasteiger partial charge on any atom is 0.403 e. The van der Waals surface area contributed by atoms with Crippen LogP contribution < -0.4 is 21.7 Å². The first-order chi connectivity index (χ1) is 18.7. The molecule has 0 aromatic heterocycles. The largest absolute Gasteiger partial charge is 0.403 e. The van der Waals surface area contributed by atoms with E-state index in [1.165, 1.54) is 4.90 Å². The zero-order chi connectivity index (χ0) is 30.5. The highest BCUT2D eigenvalue weighted by Gasteiger charge is 2.71. The molecule has 6 atom stereocenters. The summed E-state index contributed by atoms with van der Waals surface area (Å²) in [6.45, 7) is 9.05. The summed E-state index contributed by atoms with van der Waals surface area (Å²) in [6.07, 6.45) is -3.07. The Hall–Kier alpha value is -2.86. The number of carbonyl (C=O) groups is 5. The highest BCUT2D eigenvalue weighted by Crippen LogP contribution is 2.65. The first kappa shape index (κ1) is 29.6. The Balaban J connectivity index is 1.34. The lowest BCUT2D eigenvalue weighted by Crippen LogP contribution is -2.61. The lowest BCUT2D eigenvalue weighted by Gasteiger charge is -2.38. The average molecular weight is 584 g/mol. The summed E-state index contributed by atoms with van der Waals surface area (Å²) in [5.74, 6) is -4.23. The number of piperidine rings is 1. The molecule has 5 N–H and O–H groups in total. The molecular weight excluding hydrogens is 543 g/mol. The fraction of sp³-hybridized carbons (Fsp3) is 0.821. The van der Waals surface area contributed by atoms with Gasteiger partial charge in [-0.2, -0.15) is 13.2 Å². The van der Waals surface area contributed by atoms with Crippen molar-refractivity contribution in [1.82, 2.24) is 20.9 Å². The second-order valence-corrected chi connectivity index (χ2v) is 14.6. The van der Waals surface area contributed by atoms with Crippen LogP contribution >= 0.6 is 0 Å². The molecule has 2 heterocycles. The molecule has 41 heavy (non-hydrogen) atoms. The van der Waals surface area contributed by atoms with E-state index >= 15 is 0 Å². The fourth-order valence-corrected chi connectivity index (χ4v) is 7.10. The van der Waals surface area contributed by atoms with E-state index in [2.05, 4.69) is 16.0 Å². The fourth-order valence-electron chi connectivity index (χ4n) is 7.10. The number of nitrogens with two attached hydrogens (primary N) is 1. The average Bonchev–Trinajstić information content (AvgIpc) is 3.77. The van der Waals surface area contributed by atoms with Crippen molar-refractivity contribution in [1.29, 1.82) is 0 Å².